The highest BCUT2D eigenvalue weighted by Gasteiger charge is 2.12. The van der Waals surface area contributed by atoms with Crippen LogP contribution in [0.1, 0.15) is 11.1 Å². The van der Waals surface area contributed by atoms with Gasteiger partial charge in [-0.25, -0.2) is 8.78 Å². The van der Waals surface area contributed by atoms with Crippen molar-refractivity contribution in [1.82, 2.24) is 5.16 Å². The lowest BCUT2D eigenvalue weighted by Crippen LogP contribution is -2.00. The SMILES string of the molecule is OCc1cc(F)c(OCc2cnoc2)c(F)c1. The Labute approximate surface area is 95.4 Å². The topological polar surface area (TPSA) is 55.5 Å². The molecule has 1 N–H and O–H groups in total. The lowest BCUT2D eigenvalue weighted by atomic mass is 10.2. The van der Waals surface area contributed by atoms with E-state index in [0.29, 0.717) is 5.56 Å². The van der Waals surface area contributed by atoms with Crippen LogP contribution in [-0.2, 0) is 13.2 Å². The molecule has 6 heteroatoms. The van der Waals surface area contributed by atoms with Crippen molar-refractivity contribution in [3.8, 4) is 5.75 Å². The number of rotatable bonds is 4. The molecule has 2 rings (SSSR count). The Morgan fingerprint density at radius 3 is 2.47 bits per heavy atom. The number of aliphatic hydroxyl groups is 1. The van der Waals surface area contributed by atoms with Crippen LogP contribution in [0, 0.1) is 11.6 Å². The first-order valence-corrected chi connectivity index (χ1v) is 4.80. The quantitative estimate of drug-likeness (QED) is 0.889. The number of hydrogen-bond donors (Lipinski definition) is 1. The van der Waals surface area contributed by atoms with E-state index in [2.05, 4.69) is 9.68 Å². The molecular weight excluding hydrogens is 232 g/mol. The molecule has 0 fully saturated rings. The Kier molecular flexibility index (Phi) is 3.34. The van der Waals surface area contributed by atoms with Crippen molar-refractivity contribution >= 4 is 0 Å². The summed E-state index contributed by atoms with van der Waals surface area (Å²) in [5.74, 6) is -2.19. The average molecular weight is 241 g/mol. The lowest BCUT2D eigenvalue weighted by molar-refractivity contribution is 0.265. The summed E-state index contributed by atoms with van der Waals surface area (Å²) in [5.41, 5.74) is 0.715. The molecule has 0 radical (unpaired) electrons. The highest BCUT2D eigenvalue weighted by Crippen LogP contribution is 2.24. The molecule has 0 saturated heterocycles. The predicted octanol–water partition coefficient (Wildman–Crippen LogP) is 2.02. The molecule has 0 aliphatic rings. The van der Waals surface area contributed by atoms with Crippen LogP contribution in [0.25, 0.3) is 0 Å². The van der Waals surface area contributed by atoms with E-state index >= 15 is 0 Å². The molecule has 0 unspecified atom stereocenters. The number of aliphatic hydroxyl groups excluding tert-OH is 1. The van der Waals surface area contributed by atoms with Gasteiger partial charge in [-0.3, -0.25) is 0 Å². The van der Waals surface area contributed by atoms with Crippen molar-refractivity contribution < 1.29 is 23.1 Å². The van der Waals surface area contributed by atoms with E-state index in [9.17, 15) is 8.78 Å². The van der Waals surface area contributed by atoms with Crippen molar-refractivity contribution in [2.75, 3.05) is 0 Å². The zero-order chi connectivity index (χ0) is 12.3. The van der Waals surface area contributed by atoms with Crippen molar-refractivity contribution in [1.29, 1.82) is 0 Å². The maximum atomic E-state index is 13.4. The first-order valence-electron chi connectivity index (χ1n) is 4.80. The summed E-state index contributed by atoms with van der Waals surface area (Å²) >= 11 is 0. The van der Waals surface area contributed by atoms with E-state index in [1.165, 1.54) is 12.5 Å². The van der Waals surface area contributed by atoms with Crippen LogP contribution in [0.5, 0.6) is 5.75 Å². The van der Waals surface area contributed by atoms with E-state index in [4.69, 9.17) is 9.84 Å². The van der Waals surface area contributed by atoms with Crippen LogP contribution in [-0.4, -0.2) is 10.3 Å². The second-order valence-electron chi connectivity index (χ2n) is 3.37. The molecule has 0 aliphatic heterocycles. The van der Waals surface area contributed by atoms with E-state index in [1.807, 2.05) is 0 Å². The largest absolute Gasteiger partial charge is 0.483 e. The summed E-state index contributed by atoms with van der Waals surface area (Å²) in [6.45, 7) is -0.477. The molecule has 17 heavy (non-hydrogen) atoms. The van der Waals surface area contributed by atoms with Gasteiger partial charge in [-0.1, -0.05) is 5.16 Å². The summed E-state index contributed by atoms with van der Waals surface area (Å²) in [4.78, 5) is 0. The Bertz CT molecular complexity index is 476. The summed E-state index contributed by atoms with van der Waals surface area (Å²) in [7, 11) is 0. The Morgan fingerprint density at radius 2 is 1.94 bits per heavy atom. The Balaban J connectivity index is 2.15. The third-order valence-electron chi connectivity index (χ3n) is 2.11. The van der Waals surface area contributed by atoms with E-state index in [0.717, 1.165) is 12.1 Å². The van der Waals surface area contributed by atoms with Gasteiger partial charge in [0, 0.05) is 5.56 Å². The van der Waals surface area contributed by atoms with Gasteiger partial charge in [0.05, 0.1) is 12.8 Å². The van der Waals surface area contributed by atoms with Crippen molar-refractivity contribution in [2.45, 2.75) is 13.2 Å². The number of nitrogens with zero attached hydrogens (tertiary/aromatic N) is 1. The summed E-state index contributed by atoms with van der Waals surface area (Å²) in [6, 6.07) is 2.04. The van der Waals surface area contributed by atoms with Gasteiger partial charge in [0.25, 0.3) is 0 Å². The highest BCUT2D eigenvalue weighted by molar-refractivity contribution is 5.31. The van der Waals surface area contributed by atoms with Crippen LogP contribution < -0.4 is 4.74 Å². The zero-order valence-electron chi connectivity index (χ0n) is 8.69. The predicted molar refractivity (Wildman–Crippen MR) is 53.1 cm³/mol. The number of halogens is 2. The van der Waals surface area contributed by atoms with Gasteiger partial charge < -0.3 is 14.4 Å². The van der Waals surface area contributed by atoms with Gasteiger partial charge in [0.1, 0.15) is 12.9 Å². The monoisotopic (exact) mass is 241 g/mol. The summed E-state index contributed by atoms with van der Waals surface area (Å²) in [5, 5.41) is 12.2. The standard InChI is InChI=1S/C11H9F2NO3/c12-9-1-7(4-15)2-10(13)11(9)16-5-8-3-14-17-6-8/h1-3,6,15H,4-5H2. The van der Waals surface area contributed by atoms with Gasteiger partial charge in [-0.15, -0.1) is 0 Å². The van der Waals surface area contributed by atoms with E-state index in [1.54, 1.807) is 0 Å². The summed E-state index contributed by atoms with van der Waals surface area (Å²) in [6.07, 6.45) is 2.70. The Morgan fingerprint density at radius 1 is 1.24 bits per heavy atom. The van der Waals surface area contributed by atoms with Crippen LogP contribution in [0.3, 0.4) is 0 Å². The molecule has 1 heterocycles. The van der Waals surface area contributed by atoms with Crippen molar-refractivity contribution in [3.63, 3.8) is 0 Å². The number of ether oxygens (including phenoxy) is 1. The third-order valence-corrected chi connectivity index (χ3v) is 2.11. The second-order valence-corrected chi connectivity index (χ2v) is 3.37. The van der Waals surface area contributed by atoms with Crippen LogP contribution in [0.2, 0.25) is 0 Å². The third kappa shape index (κ3) is 2.59. The zero-order valence-corrected chi connectivity index (χ0v) is 8.69. The molecule has 0 bridgehead atoms. The Hall–Kier alpha value is -1.95. The van der Waals surface area contributed by atoms with Crippen LogP contribution in [0.15, 0.2) is 29.1 Å². The molecule has 0 saturated carbocycles. The molecule has 1 aromatic carbocycles. The first kappa shape index (κ1) is 11.5. The number of aromatic nitrogens is 1. The molecule has 4 nitrogen and oxygen atoms in total. The molecule has 0 spiro atoms. The number of hydrogen-bond acceptors (Lipinski definition) is 4. The van der Waals surface area contributed by atoms with Gasteiger partial charge in [-0.2, -0.15) is 0 Å². The minimum atomic E-state index is -0.856. The number of benzene rings is 1. The fourth-order valence-corrected chi connectivity index (χ4v) is 1.30. The smallest absolute Gasteiger partial charge is 0.191 e. The minimum absolute atomic E-state index is 0.0458. The maximum absolute atomic E-state index is 13.4. The fraction of sp³-hybridized carbons (Fsp3) is 0.182. The fourth-order valence-electron chi connectivity index (χ4n) is 1.30. The van der Waals surface area contributed by atoms with Gasteiger partial charge >= 0.3 is 0 Å². The molecule has 0 atom stereocenters. The summed E-state index contributed by atoms with van der Waals surface area (Å²) < 4.78 is 36.4. The molecular formula is C11H9F2NO3. The first-order chi connectivity index (χ1) is 8.20. The van der Waals surface area contributed by atoms with Gasteiger partial charge in [0.15, 0.2) is 17.4 Å². The second kappa shape index (κ2) is 4.92. The van der Waals surface area contributed by atoms with Crippen LogP contribution >= 0.6 is 0 Å². The molecule has 2 aromatic rings. The van der Waals surface area contributed by atoms with Gasteiger partial charge in [0.2, 0.25) is 0 Å². The normalized spacial score (nSPS) is 10.5. The van der Waals surface area contributed by atoms with Crippen molar-refractivity contribution in [3.05, 3.63) is 47.4 Å². The molecule has 0 aliphatic carbocycles. The van der Waals surface area contributed by atoms with Crippen LogP contribution in [0.4, 0.5) is 8.78 Å². The molecule has 90 valence electrons. The molecule has 0 amide bonds. The van der Waals surface area contributed by atoms with E-state index in [-0.39, 0.29) is 12.2 Å². The van der Waals surface area contributed by atoms with Gasteiger partial charge in [-0.05, 0) is 17.7 Å². The van der Waals surface area contributed by atoms with E-state index < -0.39 is 24.0 Å². The highest BCUT2D eigenvalue weighted by atomic mass is 19.1. The minimum Gasteiger partial charge on any atom is -0.483 e. The van der Waals surface area contributed by atoms with Crippen molar-refractivity contribution in [2.24, 2.45) is 0 Å². The average Bonchev–Trinajstić information content (AvgIpc) is 2.80. The maximum Gasteiger partial charge on any atom is 0.191 e. The lowest BCUT2D eigenvalue weighted by Gasteiger charge is -2.08. The molecule has 1 aromatic heterocycles.